The molecule has 2 heterocycles. The molecule has 0 unspecified atom stereocenters. The molecular formula is C25H26N4O3S. The number of nitrogens with zero attached hydrogens (tertiary/aromatic N) is 2. The number of sulfonamides is 1. The summed E-state index contributed by atoms with van der Waals surface area (Å²) in [6, 6.07) is 12.3. The van der Waals surface area contributed by atoms with E-state index in [1.54, 1.807) is 12.1 Å². The van der Waals surface area contributed by atoms with E-state index in [1.165, 1.54) is 12.1 Å². The number of pyridine rings is 1. The number of benzene rings is 2. The molecule has 5 rings (SSSR count). The van der Waals surface area contributed by atoms with Gasteiger partial charge < -0.3 is 5.32 Å². The maximum absolute atomic E-state index is 13.5. The maximum Gasteiger partial charge on any atom is 0.262 e. The van der Waals surface area contributed by atoms with Crippen molar-refractivity contribution in [3.8, 4) is 0 Å². The Kier molecular flexibility index (Phi) is 5.62. The zero-order valence-corrected chi connectivity index (χ0v) is 19.3. The first-order valence-corrected chi connectivity index (χ1v) is 12.8. The van der Waals surface area contributed by atoms with Crippen LogP contribution in [0.5, 0.6) is 0 Å². The van der Waals surface area contributed by atoms with E-state index in [0.29, 0.717) is 30.1 Å². The van der Waals surface area contributed by atoms with Crippen molar-refractivity contribution in [2.45, 2.75) is 50.3 Å². The van der Waals surface area contributed by atoms with Crippen molar-refractivity contribution < 1.29 is 13.2 Å². The molecule has 0 fully saturated rings. The van der Waals surface area contributed by atoms with Crippen LogP contribution in [-0.4, -0.2) is 31.7 Å². The standard InChI is InChI=1S/C25H26N4O3S/c1-16-11-12-22-20(14-16)24(19-8-2-3-9-21(19)28-22)25(30)27-17-6-4-7-18(15-17)33(31,32)29-23-10-5-13-26-23/h4,6-7,11-12,14-15H,2-3,5,8-10,13H2,1H3,(H,26,29)(H,27,30). The van der Waals surface area contributed by atoms with E-state index in [9.17, 15) is 13.2 Å². The molecule has 1 aliphatic heterocycles. The van der Waals surface area contributed by atoms with Gasteiger partial charge in [-0.25, -0.2) is 8.42 Å². The molecule has 0 radical (unpaired) electrons. The van der Waals surface area contributed by atoms with Gasteiger partial charge in [-0.15, -0.1) is 0 Å². The molecule has 33 heavy (non-hydrogen) atoms. The van der Waals surface area contributed by atoms with Gasteiger partial charge in [0.15, 0.2) is 0 Å². The molecule has 1 aromatic heterocycles. The lowest BCUT2D eigenvalue weighted by Gasteiger charge is -2.20. The molecule has 2 N–H and O–H groups in total. The Hall–Kier alpha value is -3.26. The third kappa shape index (κ3) is 4.35. The molecule has 0 saturated carbocycles. The number of aromatic nitrogens is 1. The summed E-state index contributed by atoms with van der Waals surface area (Å²) < 4.78 is 28.1. The lowest BCUT2D eigenvalue weighted by atomic mass is 9.89. The molecule has 2 aromatic carbocycles. The minimum atomic E-state index is -3.76. The van der Waals surface area contributed by atoms with Crippen molar-refractivity contribution in [3.05, 3.63) is 64.8 Å². The number of nitrogens with one attached hydrogen (secondary N) is 2. The Morgan fingerprint density at radius 3 is 2.67 bits per heavy atom. The molecule has 2 aliphatic rings. The van der Waals surface area contributed by atoms with E-state index in [1.807, 2.05) is 25.1 Å². The number of aryl methyl sites for hydroxylation is 2. The average molecular weight is 463 g/mol. The monoisotopic (exact) mass is 462 g/mol. The van der Waals surface area contributed by atoms with Gasteiger partial charge in [-0.1, -0.05) is 17.7 Å². The Morgan fingerprint density at radius 1 is 1.00 bits per heavy atom. The molecule has 7 nitrogen and oxygen atoms in total. The van der Waals surface area contributed by atoms with Crippen LogP contribution in [0, 0.1) is 6.92 Å². The summed E-state index contributed by atoms with van der Waals surface area (Å²) in [5.41, 5.74) is 4.93. The number of aliphatic imine (C=N–C) groups is 1. The summed E-state index contributed by atoms with van der Waals surface area (Å²) in [6.45, 7) is 2.63. The zero-order valence-electron chi connectivity index (χ0n) is 18.5. The van der Waals surface area contributed by atoms with Crippen molar-refractivity contribution in [2.24, 2.45) is 4.99 Å². The summed E-state index contributed by atoms with van der Waals surface area (Å²) >= 11 is 0. The summed E-state index contributed by atoms with van der Waals surface area (Å²) in [5, 5.41) is 3.77. The number of amidine groups is 1. The topological polar surface area (TPSA) is 101 Å². The summed E-state index contributed by atoms with van der Waals surface area (Å²) in [5.74, 6) is 0.239. The first kappa shape index (κ1) is 21.6. The number of hydrogen-bond acceptors (Lipinski definition) is 5. The second-order valence-corrected chi connectivity index (χ2v) is 10.3. The van der Waals surface area contributed by atoms with Gasteiger partial charge in [-0.05, 0) is 74.9 Å². The molecule has 1 aliphatic carbocycles. The van der Waals surface area contributed by atoms with Gasteiger partial charge in [-0.3, -0.25) is 19.5 Å². The summed E-state index contributed by atoms with van der Waals surface area (Å²) in [7, 11) is -3.76. The molecule has 170 valence electrons. The van der Waals surface area contributed by atoms with Crippen molar-refractivity contribution in [2.75, 3.05) is 11.9 Å². The number of rotatable bonds is 4. The normalized spacial score (nSPS) is 15.7. The zero-order chi connectivity index (χ0) is 23.0. The SMILES string of the molecule is Cc1ccc2nc3c(c(C(=O)Nc4cccc(S(=O)(=O)NC5=NCCC5)c4)c2c1)CCCC3. The van der Waals surface area contributed by atoms with Crippen LogP contribution >= 0.6 is 0 Å². The van der Waals surface area contributed by atoms with Crippen LogP contribution in [-0.2, 0) is 22.9 Å². The van der Waals surface area contributed by atoms with Crippen LogP contribution in [0.3, 0.4) is 0 Å². The fraction of sp³-hybridized carbons (Fsp3) is 0.320. The van der Waals surface area contributed by atoms with Crippen molar-refractivity contribution >= 4 is 38.4 Å². The third-order valence-corrected chi connectivity index (χ3v) is 7.55. The highest BCUT2D eigenvalue weighted by molar-refractivity contribution is 7.90. The molecule has 8 heteroatoms. The Morgan fingerprint density at radius 2 is 1.85 bits per heavy atom. The first-order chi connectivity index (χ1) is 15.9. The molecule has 1 amide bonds. The van der Waals surface area contributed by atoms with Crippen LogP contribution in [0.4, 0.5) is 5.69 Å². The number of carbonyl (C=O) groups excluding carboxylic acids is 1. The number of amides is 1. The largest absolute Gasteiger partial charge is 0.322 e. The minimum Gasteiger partial charge on any atom is -0.322 e. The lowest BCUT2D eigenvalue weighted by Crippen LogP contribution is -2.29. The van der Waals surface area contributed by atoms with E-state index >= 15 is 0 Å². The van der Waals surface area contributed by atoms with Gasteiger partial charge in [0.25, 0.3) is 15.9 Å². The van der Waals surface area contributed by atoms with Gasteiger partial charge in [0, 0.05) is 29.7 Å². The molecule has 3 aromatic rings. The van der Waals surface area contributed by atoms with E-state index in [0.717, 1.165) is 59.8 Å². The Bertz CT molecular complexity index is 1400. The van der Waals surface area contributed by atoms with Gasteiger partial charge >= 0.3 is 0 Å². The number of carbonyl (C=O) groups is 1. The second kappa shape index (κ2) is 8.59. The summed E-state index contributed by atoms with van der Waals surface area (Å²) in [4.78, 5) is 22.6. The Balaban J connectivity index is 1.49. The fourth-order valence-corrected chi connectivity index (χ4v) is 5.70. The van der Waals surface area contributed by atoms with E-state index in [-0.39, 0.29) is 10.8 Å². The van der Waals surface area contributed by atoms with E-state index < -0.39 is 10.0 Å². The summed E-state index contributed by atoms with van der Waals surface area (Å²) in [6.07, 6.45) is 5.23. The minimum absolute atomic E-state index is 0.0901. The van der Waals surface area contributed by atoms with Crippen molar-refractivity contribution in [3.63, 3.8) is 0 Å². The van der Waals surface area contributed by atoms with Crippen molar-refractivity contribution in [1.29, 1.82) is 0 Å². The van der Waals surface area contributed by atoms with Crippen LogP contribution in [0.2, 0.25) is 0 Å². The average Bonchev–Trinajstić information content (AvgIpc) is 3.30. The first-order valence-electron chi connectivity index (χ1n) is 11.3. The van der Waals surface area contributed by atoms with Crippen LogP contribution in [0.1, 0.15) is 52.9 Å². The van der Waals surface area contributed by atoms with Crippen molar-refractivity contribution in [1.82, 2.24) is 9.71 Å². The molecule has 0 atom stereocenters. The predicted octanol–water partition coefficient (Wildman–Crippen LogP) is 4.14. The highest BCUT2D eigenvalue weighted by atomic mass is 32.2. The highest BCUT2D eigenvalue weighted by Crippen LogP contribution is 2.30. The highest BCUT2D eigenvalue weighted by Gasteiger charge is 2.24. The number of fused-ring (bicyclic) bond motifs is 2. The quantitative estimate of drug-likeness (QED) is 0.608. The van der Waals surface area contributed by atoms with Gasteiger partial charge in [0.05, 0.1) is 16.0 Å². The Labute approximate surface area is 193 Å². The third-order valence-electron chi connectivity index (χ3n) is 6.17. The second-order valence-electron chi connectivity index (χ2n) is 8.66. The van der Waals surface area contributed by atoms with Gasteiger partial charge in [-0.2, -0.15) is 0 Å². The van der Waals surface area contributed by atoms with Gasteiger partial charge in [0.2, 0.25) is 0 Å². The predicted molar refractivity (Wildman–Crippen MR) is 129 cm³/mol. The van der Waals surface area contributed by atoms with E-state index in [4.69, 9.17) is 4.98 Å². The number of anilines is 1. The fourth-order valence-electron chi connectivity index (χ4n) is 4.57. The molecule has 0 spiro atoms. The van der Waals surface area contributed by atoms with Crippen LogP contribution in [0.15, 0.2) is 52.4 Å². The van der Waals surface area contributed by atoms with E-state index in [2.05, 4.69) is 15.0 Å². The lowest BCUT2D eigenvalue weighted by molar-refractivity contribution is 0.102. The molecule has 0 saturated heterocycles. The number of hydrogen-bond donors (Lipinski definition) is 2. The molecular weight excluding hydrogens is 436 g/mol. The smallest absolute Gasteiger partial charge is 0.262 e. The van der Waals surface area contributed by atoms with Crippen LogP contribution in [0.25, 0.3) is 10.9 Å². The van der Waals surface area contributed by atoms with Crippen LogP contribution < -0.4 is 10.0 Å². The van der Waals surface area contributed by atoms with Gasteiger partial charge in [0.1, 0.15) is 5.84 Å². The maximum atomic E-state index is 13.5. The molecule has 0 bridgehead atoms.